The van der Waals surface area contributed by atoms with Gasteiger partial charge in [-0.1, -0.05) is 29.8 Å². The summed E-state index contributed by atoms with van der Waals surface area (Å²) in [6.07, 6.45) is 1.88. The number of nitrogens with zero attached hydrogens (tertiary/aromatic N) is 2. The van der Waals surface area contributed by atoms with Crippen LogP contribution in [0.4, 0.5) is 5.69 Å². The number of aromatic nitrogens is 1. The lowest BCUT2D eigenvalue weighted by Crippen LogP contribution is -2.29. The molecule has 1 amide bonds. The van der Waals surface area contributed by atoms with Gasteiger partial charge in [-0.25, -0.2) is 0 Å². The molecule has 1 atom stereocenters. The minimum atomic E-state index is -0.869. The van der Waals surface area contributed by atoms with Gasteiger partial charge in [0.05, 0.1) is 30.9 Å². The van der Waals surface area contributed by atoms with Gasteiger partial charge in [0.2, 0.25) is 0 Å². The SMILES string of the molecule is COc1ccc(N2C(=O)C(=O)/C(=C(/O)c3ccc(Cl)c(OC)c3)C2c2cn(C)c3ccccc23)cc1. The van der Waals surface area contributed by atoms with Crippen LogP contribution in [0, 0.1) is 0 Å². The molecule has 2 heterocycles. The van der Waals surface area contributed by atoms with E-state index < -0.39 is 17.7 Å². The van der Waals surface area contributed by atoms with E-state index in [-0.39, 0.29) is 11.3 Å². The monoisotopic (exact) mass is 502 g/mol. The van der Waals surface area contributed by atoms with Crippen molar-refractivity contribution in [2.45, 2.75) is 6.04 Å². The maximum absolute atomic E-state index is 13.5. The smallest absolute Gasteiger partial charge is 0.300 e. The third-order valence-electron chi connectivity index (χ3n) is 6.44. The number of hydrogen-bond donors (Lipinski definition) is 1. The van der Waals surface area contributed by atoms with Crippen molar-refractivity contribution >= 4 is 45.6 Å². The Morgan fingerprint density at radius 3 is 2.39 bits per heavy atom. The Kier molecular flexibility index (Phi) is 5.94. The predicted octanol–water partition coefficient (Wildman–Crippen LogP) is 5.48. The third kappa shape index (κ3) is 3.69. The topological polar surface area (TPSA) is 81.0 Å². The number of amides is 1. The molecule has 7 nitrogen and oxygen atoms in total. The van der Waals surface area contributed by atoms with E-state index in [4.69, 9.17) is 21.1 Å². The Bertz CT molecular complexity index is 1540. The molecule has 1 saturated heterocycles. The van der Waals surface area contributed by atoms with Crippen molar-refractivity contribution in [2.75, 3.05) is 19.1 Å². The number of anilines is 1. The summed E-state index contributed by atoms with van der Waals surface area (Å²) in [6.45, 7) is 0. The van der Waals surface area contributed by atoms with Crippen LogP contribution in [0.2, 0.25) is 5.02 Å². The lowest BCUT2D eigenvalue weighted by atomic mass is 9.94. The fourth-order valence-corrected chi connectivity index (χ4v) is 4.88. The first kappa shape index (κ1) is 23.5. The van der Waals surface area contributed by atoms with E-state index in [1.807, 2.05) is 42.1 Å². The lowest BCUT2D eigenvalue weighted by molar-refractivity contribution is -0.132. The predicted molar refractivity (Wildman–Crippen MR) is 139 cm³/mol. The summed E-state index contributed by atoms with van der Waals surface area (Å²) in [6, 6.07) is 18.4. The molecule has 4 aromatic rings. The minimum absolute atomic E-state index is 0.0171. The summed E-state index contributed by atoms with van der Waals surface area (Å²) >= 11 is 6.17. The fourth-order valence-electron chi connectivity index (χ4n) is 4.69. The highest BCUT2D eigenvalue weighted by Gasteiger charge is 2.48. The van der Waals surface area contributed by atoms with Crippen LogP contribution in [0.1, 0.15) is 17.2 Å². The van der Waals surface area contributed by atoms with Gasteiger partial charge in [0.25, 0.3) is 11.7 Å². The highest BCUT2D eigenvalue weighted by molar-refractivity contribution is 6.52. The first-order chi connectivity index (χ1) is 17.3. The Labute approximate surface area is 212 Å². The van der Waals surface area contributed by atoms with Gasteiger partial charge in [0.1, 0.15) is 17.3 Å². The molecule has 1 aromatic heterocycles. The van der Waals surface area contributed by atoms with Crippen LogP contribution >= 0.6 is 11.6 Å². The van der Waals surface area contributed by atoms with Crippen molar-refractivity contribution in [3.05, 3.63) is 94.6 Å². The second kappa shape index (κ2) is 9.09. The van der Waals surface area contributed by atoms with Crippen molar-refractivity contribution in [2.24, 2.45) is 7.05 Å². The van der Waals surface area contributed by atoms with E-state index in [0.717, 1.165) is 10.9 Å². The first-order valence-corrected chi connectivity index (χ1v) is 11.6. The normalized spacial score (nSPS) is 17.1. The Morgan fingerprint density at radius 1 is 0.972 bits per heavy atom. The highest BCUT2D eigenvalue weighted by Crippen LogP contribution is 2.45. The summed E-state index contributed by atoms with van der Waals surface area (Å²) < 4.78 is 12.5. The second-order valence-corrected chi connectivity index (χ2v) is 8.84. The average Bonchev–Trinajstić information content (AvgIpc) is 3.37. The number of ketones is 1. The molecule has 0 spiro atoms. The zero-order valence-electron chi connectivity index (χ0n) is 19.9. The van der Waals surface area contributed by atoms with Gasteiger partial charge >= 0.3 is 0 Å². The van der Waals surface area contributed by atoms with Gasteiger partial charge in [-0.2, -0.15) is 0 Å². The number of carbonyl (C=O) groups excluding carboxylic acids is 2. The second-order valence-electron chi connectivity index (χ2n) is 8.43. The Balaban J connectivity index is 1.78. The number of aryl methyl sites for hydroxylation is 1. The molecule has 1 N–H and O–H groups in total. The standard InChI is InChI=1S/C28H23ClN2O5/c1-30-15-20(19-6-4-5-7-22(19)30)25-24(26(32)16-8-13-21(29)23(14-16)36-3)27(33)28(34)31(25)17-9-11-18(35-2)12-10-17/h4-15,25,32H,1-3H3/b26-24+. The minimum Gasteiger partial charge on any atom is -0.507 e. The average molecular weight is 503 g/mol. The quantitative estimate of drug-likeness (QED) is 0.222. The van der Waals surface area contributed by atoms with E-state index in [0.29, 0.717) is 33.3 Å². The molecule has 0 aliphatic carbocycles. The molecular weight excluding hydrogens is 480 g/mol. The van der Waals surface area contributed by atoms with E-state index in [2.05, 4.69) is 0 Å². The molecule has 36 heavy (non-hydrogen) atoms. The summed E-state index contributed by atoms with van der Waals surface area (Å²) in [5.74, 6) is -0.870. The maximum atomic E-state index is 13.5. The molecule has 1 aliphatic heterocycles. The van der Waals surface area contributed by atoms with Crippen LogP contribution in [-0.4, -0.2) is 35.6 Å². The molecule has 8 heteroatoms. The molecule has 1 fully saturated rings. The van der Waals surface area contributed by atoms with Crippen LogP contribution in [0.25, 0.3) is 16.7 Å². The van der Waals surface area contributed by atoms with E-state index in [1.54, 1.807) is 49.6 Å². The van der Waals surface area contributed by atoms with Crippen molar-refractivity contribution in [1.29, 1.82) is 0 Å². The largest absolute Gasteiger partial charge is 0.507 e. The number of carbonyl (C=O) groups is 2. The van der Waals surface area contributed by atoms with Crippen LogP contribution in [0.15, 0.2) is 78.5 Å². The van der Waals surface area contributed by atoms with Gasteiger partial charge in [-0.05, 0) is 48.5 Å². The Morgan fingerprint density at radius 2 is 1.69 bits per heavy atom. The first-order valence-electron chi connectivity index (χ1n) is 11.2. The van der Waals surface area contributed by atoms with Crippen LogP contribution < -0.4 is 14.4 Å². The van der Waals surface area contributed by atoms with E-state index in [9.17, 15) is 14.7 Å². The molecule has 182 valence electrons. The van der Waals surface area contributed by atoms with E-state index >= 15 is 0 Å². The number of rotatable bonds is 5. The summed E-state index contributed by atoms with van der Waals surface area (Å²) in [5, 5.41) is 12.7. The van der Waals surface area contributed by atoms with Crippen molar-refractivity contribution in [3.63, 3.8) is 0 Å². The molecule has 3 aromatic carbocycles. The van der Waals surface area contributed by atoms with E-state index in [1.165, 1.54) is 12.0 Å². The molecular formula is C28H23ClN2O5. The fraction of sp³-hybridized carbons (Fsp3) is 0.143. The van der Waals surface area contributed by atoms with Crippen LogP contribution in [-0.2, 0) is 16.6 Å². The van der Waals surface area contributed by atoms with Gasteiger partial charge in [0.15, 0.2) is 0 Å². The molecule has 0 radical (unpaired) electrons. The highest BCUT2D eigenvalue weighted by atomic mass is 35.5. The zero-order chi connectivity index (χ0) is 25.6. The summed E-state index contributed by atoms with van der Waals surface area (Å²) in [5.41, 5.74) is 2.45. The molecule has 0 bridgehead atoms. The third-order valence-corrected chi connectivity index (χ3v) is 6.75. The number of hydrogen-bond acceptors (Lipinski definition) is 5. The molecule has 1 aliphatic rings. The summed E-state index contributed by atoms with van der Waals surface area (Å²) in [7, 11) is 4.91. The van der Waals surface area contributed by atoms with Crippen molar-refractivity contribution in [1.82, 2.24) is 4.57 Å². The van der Waals surface area contributed by atoms with Crippen LogP contribution in [0.3, 0.4) is 0 Å². The lowest BCUT2D eigenvalue weighted by Gasteiger charge is -2.25. The van der Waals surface area contributed by atoms with Gasteiger partial charge in [0, 0.05) is 41.0 Å². The number of aliphatic hydroxyl groups excluding tert-OH is 1. The number of Topliss-reactive ketones (excluding diaryl/α,β-unsaturated/α-hetero) is 1. The number of para-hydroxylation sites is 1. The number of ether oxygens (including phenoxy) is 2. The number of benzene rings is 3. The van der Waals surface area contributed by atoms with Gasteiger partial charge in [-0.15, -0.1) is 0 Å². The van der Waals surface area contributed by atoms with Gasteiger partial charge < -0.3 is 19.1 Å². The maximum Gasteiger partial charge on any atom is 0.300 e. The number of halogens is 1. The molecule has 0 saturated carbocycles. The van der Waals surface area contributed by atoms with Crippen LogP contribution in [0.5, 0.6) is 11.5 Å². The number of methoxy groups -OCH3 is 2. The Hall–Kier alpha value is -4.23. The molecule has 5 rings (SSSR count). The zero-order valence-corrected chi connectivity index (χ0v) is 20.6. The van der Waals surface area contributed by atoms with Crippen molar-refractivity contribution in [3.8, 4) is 11.5 Å². The van der Waals surface area contributed by atoms with Crippen molar-refractivity contribution < 1.29 is 24.2 Å². The summed E-state index contributed by atoms with van der Waals surface area (Å²) in [4.78, 5) is 28.4. The molecule has 1 unspecified atom stereocenters. The number of fused-ring (bicyclic) bond motifs is 1. The number of aliphatic hydroxyl groups is 1. The van der Waals surface area contributed by atoms with Gasteiger partial charge in [-0.3, -0.25) is 14.5 Å².